The van der Waals surface area contributed by atoms with Crippen LogP contribution in [-0.4, -0.2) is 55.0 Å². The highest BCUT2D eigenvalue weighted by Crippen LogP contribution is 2.35. The van der Waals surface area contributed by atoms with Gasteiger partial charge < -0.3 is 24.8 Å². The SMILES string of the molecule is CCCCCCC(Cc1ccccc1)C(=O)NC1CCCC(OC(=O)CCNC(=O)C2OC(C)(C)OCC2(C)C)C1. The van der Waals surface area contributed by atoms with E-state index in [9.17, 15) is 14.4 Å². The monoisotopic (exact) mass is 572 g/mol. The highest BCUT2D eigenvalue weighted by Gasteiger charge is 2.45. The van der Waals surface area contributed by atoms with Crippen molar-refractivity contribution in [1.29, 1.82) is 0 Å². The van der Waals surface area contributed by atoms with E-state index in [4.69, 9.17) is 14.2 Å². The number of carbonyl (C=O) groups is 3. The molecule has 2 fully saturated rings. The molecule has 0 aromatic heterocycles. The summed E-state index contributed by atoms with van der Waals surface area (Å²) >= 11 is 0. The van der Waals surface area contributed by atoms with Crippen LogP contribution >= 0.6 is 0 Å². The Morgan fingerprint density at radius 3 is 2.54 bits per heavy atom. The Hall–Kier alpha value is -2.45. The van der Waals surface area contributed by atoms with Gasteiger partial charge in [-0.25, -0.2) is 0 Å². The molecule has 1 saturated carbocycles. The molecule has 2 N–H and O–H groups in total. The Bertz CT molecular complexity index is 979. The Balaban J connectivity index is 1.44. The fraction of sp³-hybridized carbons (Fsp3) is 0.727. The second-order valence-corrected chi connectivity index (χ2v) is 12.9. The maximum absolute atomic E-state index is 13.4. The molecule has 1 aliphatic carbocycles. The Kier molecular flexibility index (Phi) is 12.6. The Morgan fingerprint density at radius 1 is 1.05 bits per heavy atom. The van der Waals surface area contributed by atoms with Gasteiger partial charge in [-0.2, -0.15) is 0 Å². The lowest BCUT2D eigenvalue weighted by Gasteiger charge is -2.44. The van der Waals surface area contributed by atoms with Crippen molar-refractivity contribution in [2.45, 2.75) is 129 Å². The second-order valence-electron chi connectivity index (χ2n) is 12.9. The van der Waals surface area contributed by atoms with Crippen molar-refractivity contribution in [2.75, 3.05) is 13.2 Å². The second kappa shape index (κ2) is 15.7. The largest absolute Gasteiger partial charge is 0.462 e. The molecule has 0 spiro atoms. The molecule has 1 aromatic carbocycles. The van der Waals surface area contributed by atoms with E-state index in [-0.39, 0.29) is 48.8 Å². The van der Waals surface area contributed by atoms with Crippen molar-refractivity contribution in [3.8, 4) is 0 Å². The van der Waals surface area contributed by atoms with Gasteiger partial charge in [0.15, 0.2) is 5.79 Å². The van der Waals surface area contributed by atoms with Crippen LogP contribution in [0.2, 0.25) is 0 Å². The third-order valence-electron chi connectivity index (χ3n) is 8.14. The molecule has 0 radical (unpaired) electrons. The van der Waals surface area contributed by atoms with E-state index >= 15 is 0 Å². The summed E-state index contributed by atoms with van der Waals surface area (Å²) in [6.07, 6.45) is 8.57. The minimum Gasteiger partial charge on any atom is -0.462 e. The van der Waals surface area contributed by atoms with Gasteiger partial charge in [-0.1, -0.05) is 76.8 Å². The number of carbonyl (C=O) groups excluding carboxylic acids is 3. The molecule has 1 aliphatic heterocycles. The molecule has 230 valence electrons. The first-order valence-electron chi connectivity index (χ1n) is 15.6. The van der Waals surface area contributed by atoms with E-state index in [0.29, 0.717) is 13.0 Å². The van der Waals surface area contributed by atoms with Gasteiger partial charge in [0, 0.05) is 30.3 Å². The summed E-state index contributed by atoms with van der Waals surface area (Å²) < 4.78 is 17.3. The molecule has 1 aromatic rings. The number of benzene rings is 1. The first kappa shape index (κ1) is 33.1. The molecule has 3 rings (SSSR count). The van der Waals surface area contributed by atoms with Crippen LogP contribution in [0.15, 0.2) is 30.3 Å². The predicted octanol–water partition coefficient (Wildman–Crippen LogP) is 5.47. The van der Waals surface area contributed by atoms with Crippen molar-refractivity contribution in [3.05, 3.63) is 35.9 Å². The van der Waals surface area contributed by atoms with Crippen molar-refractivity contribution in [1.82, 2.24) is 10.6 Å². The number of hydrogen-bond donors (Lipinski definition) is 2. The van der Waals surface area contributed by atoms with Crippen LogP contribution in [0.4, 0.5) is 0 Å². The van der Waals surface area contributed by atoms with Crippen LogP contribution in [0.3, 0.4) is 0 Å². The summed E-state index contributed by atoms with van der Waals surface area (Å²) in [5.74, 6) is -1.38. The maximum atomic E-state index is 13.4. The molecule has 4 atom stereocenters. The van der Waals surface area contributed by atoms with E-state index in [1.165, 1.54) is 18.4 Å². The van der Waals surface area contributed by atoms with E-state index in [1.807, 2.05) is 32.0 Å². The topological polar surface area (TPSA) is 103 Å². The van der Waals surface area contributed by atoms with Crippen molar-refractivity contribution in [2.24, 2.45) is 11.3 Å². The number of esters is 1. The minimum absolute atomic E-state index is 0.000997. The van der Waals surface area contributed by atoms with Crippen LogP contribution in [-0.2, 0) is 35.0 Å². The van der Waals surface area contributed by atoms with Crippen LogP contribution in [0.1, 0.15) is 104 Å². The molecule has 2 aliphatic rings. The molecule has 1 saturated heterocycles. The zero-order chi connectivity index (χ0) is 29.9. The van der Waals surface area contributed by atoms with E-state index in [0.717, 1.165) is 44.9 Å². The first-order chi connectivity index (χ1) is 19.5. The minimum atomic E-state index is -0.833. The molecule has 41 heavy (non-hydrogen) atoms. The van der Waals surface area contributed by atoms with Gasteiger partial charge >= 0.3 is 5.97 Å². The van der Waals surface area contributed by atoms with E-state index < -0.39 is 17.3 Å². The number of rotatable bonds is 14. The molecule has 0 bridgehead atoms. The third kappa shape index (κ3) is 11.0. The summed E-state index contributed by atoms with van der Waals surface area (Å²) in [5, 5.41) is 6.11. The number of nitrogens with one attached hydrogen (secondary N) is 2. The molecular formula is C33H52N2O6. The third-order valence-corrected chi connectivity index (χ3v) is 8.14. The van der Waals surface area contributed by atoms with Gasteiger partial charge in [-0.05, 0) is 51.5 Å². The first-order valence-corrected chi connectivity index (χ1v) is 15.6. The lowest BCUT2D eigenvalue weighted by molar-refractivity contribution is -0.304. The van der Waals surface area contributed by atoms with Crippen LogP contribution in [0.25, 0.3) is 0 Å². The predicted molar refractivity (Wildman–Crippen MR) is 159 cm³/mol. The summed E-state index contributed by atoms with van der Waals surface area (Å²) in [7, 11) is 0. The zero-order valence-electron chi connectivity index (χ0n) is 25.8. The molecule has 8 nitrogen and oxygen atoms in total. The lowest BCUT2D eigenvalue weighted by atomic mass is 9.85. The normalized spacial score (nSPS) is 24.2. The Labute approximate surface area is 246 Å². The van der Waals surface area contributed by atoms with Crippen molar-refractivity contribution in [3.63, 3.8) is 0 Å². The highest BCUT2D eigenvalue weighted by molar-refractivity contribution is 5.82. The van der Waals surface area contributed by atoms with Gasteiger partial charge in [-0.15, -0.1) is 0 Å². The average molecular weight is 573 g/mol. The van der Waals surface area contributed by atoms with Gasteiger partial charge in [-0.3, -0.25) is 14.4 Å². The number of hydrogen-bond acceptors (Lipinski definition) is 6. The van der Waals surface area contributed by atoms with Crippen LogP contribution in [0, 0.1) is 11.3 Å². The van der Waals surface area contributed by atoms with Crippen LogP contribution in [0.5, 0.6) is 0 Å². The standard InChI is InChI=1S/C33H52N2O6/c1-6-7-8-12-16-25(21-24-14-10-9-11-15-24)30(37)35-26-17-13-18-27(22-26)40-28(36)19-20-34-31(38)29-32(2,3)23-39-33(4,5)41-29/h9-11,14-15,25-27,29H,6-8,12-13,16-23H2,1-5H3,(H,34,38)(H,35,37). The fourth-order valence-electron chi connectivity index (χ4n) is 5.69. The average Bonchev–Trinajstić information content (AvgIpc) is 2.92. The van der Waals surface area contributed by atoms with Gasteiger partial charge in [0.1, 0.15) is 12.2 Å². The zero-order valence-corrected chi connectivity index (χ0v) is 25.8. The fourth-order valence-corrected chi connectivity index (χ4v) is 5.69. The van der Waals surface area contributed by atoms with Gasteiger partial charge in [0.2, 0.25) is 11.8 Å². The molecule has 2 amide bonds. The quantitative estimate of drug-likeness (QED) is 0.226. The van der Waals surface area contributed by atoms with Crippen molar-refractivity contribution < 1.29 is 28.6 Å². The summed E-state index contributed by atoms with van der Waals surface area (Å²) in [4.78, 5) is 38.8. The van der Waals surface area contributed by atoms with Gasteiger partial charge in [0.25, 0.3) is 0 Å². The maximum Gasteiger partial charge on any atom is 0.307 e. The smallest absolute Gasteiger partial charge is 0.307 e. The van der Waals surface area contributed by atoms with Crippen LogP contribution < -0.4 is 10.6 Å². The highest BCUT2D eigenvalue weighted by atomic mass is 16.7. The number of ether oxygens (including phenoxy) is 3. The van der Waals surface area contributed by atoms with Gasteiger partial charge in [0.05, 0.1) is 13.0 Å². The molecular weight excluding hydrogens is 520 g/mol. The molecule has 4 unspecified atom stereocenters. The lowest BCUT2D eigenvalue weighted by Crippen LogP contribution is -2.56. The number of unbranched alkanes of at least 4 members (excludes halogenated alkanes) is 3. The van der Waals surface area contributed by atoms with Crippen molar-refractivity contribution >= 4 is 17.8 Å². The summed E-state index contributed by atoms with van der Waals surface area (Å²) in [5.41, 5.74) is 0.707. The summed E-state index contributed by atoms with van der Waals surface area (Å²) in [6.45, 7) is 10.2. The molecule has 8 heteroatoms. The van der Waals surface area contributed by atoms with E-state index in [2.05, 4.69) is 29.7 Å². The number of amides is 2. The van der Waals surface area contributed by atoms with E-state index in [1.54, 1.807) is 13.8 Å². The summed E-state index contributed by atoms with van der Waals surface area (Å²) in [6, 6.07) is 10.2. The Morgan fingerprint density at radius 2 is 1.80 bits per heavy atom. The molecule has 1 heterocycles.